The lowest BCUT2D eigenvalue weighted by Crippen LogP contribution is -2.13. The molecule has 1 atom stereocenters. The minimum atomic E-state index is 0.410. The second-order valence-corrected chi connectivity index (χ2v) is 3.40. The van der Waals surface area contributed by atoms with E-state index in [-0.39, 0.29) is 0 Å². The van der Waals surface area contributed by atoms with Gasteiger partial charge in [0.05, 0.1) is 0 Å². The molecule has 4 nitrogen and oxygen atoms in total. The van der Waals surface area contributed by atoms with E-state index in [4.69, 9.17) is 11.5 Å². The molecule has 2 heterocycles. The van der Waals surface area contributed by atoms with Crippen LogP contribution < -0.4 is 16.8 Å². The molecule has 70 valence electrons. The summed E-state index contributed by atoms with van der Waals surface area (Å²) in [5.41, 5.74) is 12.4. The van der Waals surface area contributed by atoms with Gasteiger partial charge < -0.3 is 16.8 Å². The van der Waals surface area contributed by atoms with Crippen molar-refractivity contribution in [2.24, 2.45) is 0 Å². The molecule has 2 rings (SSSR count). The number of hydrogen-bond acceptors (Lipinski definition) is 4. The Morgan fingerprint density at radius 3 is 2.54 bits per heavy atom. The summed E-state index contributed by atoms with van der Waals surface area (Å²) in [4.78, 5) is 3.93. The van der Waals surface area contributed by atoms with E-state index in [0.717, 1.165) is 18.5 Å². The van der Waals surface area contributed by atoms with Gasteiger partial charge in [-0.3, -0.25) is 0 Å². The molecule has 0 amide bonds. The molecule has 4 heteroatoms. The zero-order valence-corrected chi connectivity index (χ0v) is 7.46. The lowest BCUT2D eigenvalue weighted by molar-refractivity contribution is 0.647. The van der Waals surface area contributed by atoms with Crippen LogP contribution in [0.4, 0.5) is 11.6 Å². The largest absolute Gasteiger partial charge is 0.384 e. The average Bonchev–Trinajstić information content (AvgIpc) is 2.53. The molecule has 0 radical (unpaired) electrons. The van der Waals surface area contributed by atoms with Gasteiger partial charge in [0.25, 0.3) is 0 Å². The Bertz CT molecular complexity index is 284. The van der Waals surface area contributed by atoms with Gasteiger partial charge in [0.15, 0.2) is 0 Å². The average molecular weight is 178 g/mol. The van der Waals surface area contributed by atoms with Gasteiger partial charge in [-0.2, -0.15) is 0 Å². The van der Waals surface area contributed by atoms with E-state index in [1.165, 1.54) is 6.42 Å². The first-order valence-corrected chi connectivity index (χ1v) is 4.52. The number of aromatic nitrogens is 1. The Balaban J connectivity index is 2.28. The van der Waals surface area contributed by atoms with Gasteiger partial charge in [0.2, 0.25) is 0 Å². The third kappa shape index (κ3) is 1.72. The molecular formula is C9H14N4. The van der Waals surface area contributed by atoms with Gasteiger partial charge in [0.1, 0.15) is 11.6 Å². The second-order valence-electron chi connectivity index (χ2n) is 3.40. The van der Waals surface area contributed by atoms with Crippen molar-refractivity contribution in [1.29, 1.82) is 0 Å². The number of hydrogen-bond donors (Lipinski definition) is 3. The van der Waals surface area contributed by atoms with E-state index >= 15 is 0 Å². The Morgan fingerprint density at radius 1 is 1.31 bits per heavy atom. The van der Waals surface area contributed by atoms with Crippen LogP contribution in [0.2, 0.25) is 0 Å². The third-order valence-corrected chi connectivity index (χ3v) is 2.35. The van der Waals surface area contributed by atoms with Crippen molar-refractivity contribution in [2.45, 2.75) is 18.9 Å². The van der Waals surface area contributed by atoms with E-state index in [1.54, 1.807) is 0 Å². The number of nitrogens with zero attached hydrogens (tertiary/aromatic N) is 1. The lowest BCUT2D eigenvalue weighted by Gasteiger charge is -2.11. The van der Waals surface area contributed by atoms with E-state index < -0.39 is 0 Å². The van der Waals surface area contributed by atoms with Gasteiger partial charge >= 0.3 is 0 Å². The standard InChI is InChI=1S/C9H14N4/c10-8-4-6(5-9(11)13-8)7-2-1-3-12-7/h4-5,7,12H,1-3H2,(H4,10,11,13)/t7-/m0/s1. The van der Waals surface area contributed by atoms with Crippen molar-refractivity contribution in [2.75, 3.05) is 18.0 Å². The highest BCUT2D eigenvalue weighted by molar-refractivity contribution is 5.44. The minimum Gasteiger partial charge on any atom is -0.384 e. The van der Waals surface area contributed by atoms with Crippen molar-refractivity contribution in [3.63, 3.8) is 0 Å². The summed E-state index contributed by atoms with van der Waals surface area (Å²) in [6.45, 7) is 1.08. The SMILES string of the molecule is Nc1cc([C@@H]2CCCN2)cc(N)n1. The maximum Gasteiger partial charge on any atom is 0.126 e. The predicted molar refractivity (Wildman–Crippen MR) is 53.0 cm³/mol. The predicted octanol–water partition coefficient (Wildman–Crippen LogP) is 0.671. The fourth-order valence-corrected chi connectivity index (χ4v) is 1.77. The first kappa shape index (κ1) is 8.31. The maximum absolute atomic E-state index is 5.61. The van der Waals surface area contributed by atoms with Crippen LogP contribution in [0.15, 0.2) is 12.1 Å². The van der Waals surface area contributed by atoms with Crippen molar-refractivity contribution in [3.05, 3.63) is 17.7 Å². The summed E-state index contributed by atoms with van der Waals surface area (Å²) in [6.07, 6.45) is 2.37. The molecule has 0 spiro atoms. The van der Waals surface area contributed by atoms with Crippen molar-refractivity contribution >= 4 is 11.6 Å². The highest BCUT2D eigenvalue weighted by atomic mass is 14.9. The maximum atomic E-state index is 5.61. The molecule has 0 aliphatic carbocycles. The van der Waals surface area contributed by atoms with Gasteiger partial charge in [-0.15, -0.1) is 0 Å². The highest BCUT2D eigenvalue weighted by Gasteiger charge is 2.16. The van der Waals surface area contributed by atoms with Gasteiger partial charge in [-0.25, -0.2) is 4.98 Å². The monoisotopic (exact) mass is 178 g/mol. The van der Waals surface area contributed by atoms with Crippen LogP contribution in [0, 0.1) is 0 Å². The second kappa shape index (κ2) is 3.22. The van der Waals surface area contributed by atoms with Gasteiger partial charge in [-0.1, -0.05) is 0 Å². The highest BCUT2D eigenvalue weighted by Crippen LogP contribution is 2.24. The smallest absolute Gasteiger partial charge is 0.126 e. The Hall–Kier alpha value is -1.29. The van der Waals surface area contributed by atoms with E-state index in [9.17, 15) is 0 Å². The summed E-state index contributed by atoms with van der Waals surface area (Å²) >= 11 is 0. The molecule has 1 fully saturated rings. The summed E-state index contributed by atoms with van der Waals surface area (Å²) in [7, 11) is 0. The van der Waals surface area contributed by atoms with Crippen LogP contribution in [0.1, 0.15) is 24.4 Å². The van der Waals surface area contributed by atoms with Crippen LogP contribution >= 0.6 is 0 Å². The Morgan fingerprint density at radius 2 is 2.00 bits per heavy atom. The number of rotatable bonds is 1. The van der Waals surface area contributed by atoms with Gasteiger partial charge in [0, 0.05) is 6.04 Å². The van der Waals surface area contributed by atoms with E-state index in [2.05, 4.69) is 10.3 Å². The molecule has 5 N–H and O–H groups in total. The molecule has 0 saturated carbocycles. The molecule has 1 saturated heterocycles. The normalized spacial score (nSPS) is 22.0. The molecule has 0 unspecified atom stereocenters. The summed E-state index contributed by atoms with van der Waals surface area (Å²) in [5.74, 6) is 1.01. The number of nitrogen functional groups attached to an aromatic ring is 2. The number of nitrogens with two attached hydrogens (primary N) is 2. The van der Waals surface area contributed by atoms with Gasteiger partial charge in [-0.05, 0) is 37.1 Å². The van der Waals surface area contributed by atoms with Crippen molar-refractivity contribution in [3.8, 4) is 0 Å². The molecule has 13 heavy (non-hydrogen) atoms. The van der Waals surface area contributed by atoms with Crippen LogP contribution in [0.3, 0.4) is 0 Å². The fourth-order valence-electron chi connectivity index (χ4n) is 1.77. The number of pyridine rings is 1. The van der Waals surface area contributed by atoms with Crippen LogP contribution in [-0.4, -0.2) is 11.5 Å². The Labute approximate surface area is 77.3 Å². The van der Waals surface area contributed by atoms with Crippen LogP contribution in [0.5, 0.6) is 0 Å². The Kier molecular flexibility index (Phi) is 2.06. The quantitative estimate of drug-likeness (QED) is 0.590. The van der Waals surface area contributed by atoms with Crippen molar-refractivity contribution < 1.29 is 0 Å². The van der Waals surface area contributed by atoms with Crippen LogP contribution in [-0.2, 0) is 0 Å². The summed E-state index contributed by atoms with van der Waals surface area (Å²) in [6, 6.07) is 4.19. The fraction of sp³-hybridized carbons (Fsp3) is 0.444. The zero-order valence-electron chi connectivity index (χ0n) is 7.46. The molecule has 0 bridgehead atoms. The third-order valence-electron chi connectivity index (χ3n) is 2.35. The lowest BCUT2D eigenvalue weighted by atomic mass is 10.1. The minimum absolute atomic E-state index is 0.410. The summed E-state index contributed by atoms with van der Waals surface area (Å²) < 4.78 is 0. The molecule has 1 aliphatic rings. The molecule has 1 aliphatic heterocycles. The number of nitrogens with one attached hydrogen (secondary N) is 1. The molecular weight excluding hydrogens is 164 g/mol. The first-order chi connectivity index (χ1) is 6.25. The zero-order chi connectivity index (χ0) is 9.26. The van der Waals surface area contributed by atoms with E-state index in [1.807, 2.05) is 12.1 Å². The van der Waals surface area contributed by atoms with Crippen molar-refractivity contribution in [1.82, 2.24) is 10.3 Å². The molecule has 0 aromatic carbocycles. The topological polar surface area (TPSA) is 77.0 Å². The molecule has 1 aromatic heterocycles. The van der Waals surface area contributed by atoms with Crippen LogP contribution in [0.25, 0.3) is 0 Å². The molecule has 1 aromatic rings. The van der Waals surface area contributed by atoms with E-state index in [0.29, 0.717) is 17.7 Å². The summed E-state index contributed by atoms with van der Waals surface area (Å²) in [5, 5.41) is 3.39. The number of anilines is 2. The first-order valence-electron chi connectivity index (χ1n) is 4.52.